The molecule has 2 rings (SSSR count). The van der Waals surface area contributed by atoms with Gasteiger partial charge in [-0.15, -0.1) is 0 Å². The molecule has 0 bridgehead atoms. The molecule has 4 N–H and O–H groups in total. The lowest BCUT2D eigenvalue weighted by Gasteiger charge is -2.19. The molecular weight excluding hydrogens is 402 g/mol. The number of unbranched alkanes of at least 4 members (excludes halogenated alkanes) is 1. The molecule has 0 heterocycles. The molecule has 0 aliphatic heterocycles. The molecule has 0 saturated carbocycles. The van der Waals surface area contributed by atoms with Crippen molar-refractivity contribution < 1.29 is 14.3 Å². The van der Waals surface area contributed by atoms with Gasteiger partial charge in [0.2, 0.25) is 5.91 Å². The fourth-order valence-corrected chi connectivity index (χ4v) is 3.23. The highest BCUT2D eigenvalue weighted by Crippen LogP contribution is 2.21. The molecule has 0 saturated heterocycles. The van der Waals surface area contributed by atoms with Gasteiger partial charge in [0.1, 0.15) is 5.60 Å². The minimum Gasteiger partial charge on any atom is -0.444 e. The maximum Gasteiger partial charge on any atom is 0.407 e. The SMILES string of the molecule is CC(C)(C)OC(=O)NCCNC(=O)CCc1ccc(-c2ccc(CCCCN)cc2)cc1. The Balaban J connectivity index is 1.70. The van der Waals surface area contributed by atoms with Crippen LogP contribution in [0, 0.1) is 0 Å². The molecule has 6 heteroatoms. The van der Waals surface area contributed by atoms with Gasteiger partial charge in [-0.05, 0) is 75.3 Å². The van der Waals surface area contributed by atoms with Crippen LogP contribution in [0.3, 0.4) is 0 Å². The highest BCUT2D eigenvalue weighted by atomic mass is 16.6. The van der Waals surface area contributed by atoms with Crippen molar-refractivity contribution >= 4 is 12.0 Å². The normalized spacial score (nSPS) is 11.1. The smallest absolute Gasteiger partial charge is 0.407 e. The van der Waals surface area contributed by atoms with E-state index < -0.39 is 11.7 Å². The zero-order valence-electron chi connectivity index (χ0n) is 19.6. The van der Waals surface area contributed by atoms with E-state index in [4.69, 9.17) is 10.5 Å². The van der Waals surface area contributed by atoms with Crippen LogP contribution in [-0.2, 0) is 22.4 Å². The van der Waals surface area contributed by atoms with Gasteiger partial charge >= 0.3 is 6.09 Å². The van der Waals surface area contributed by atoms with Crippen molar-refractivity contribution in [2.45, 2.75) is 58.5 Å². The van der Waals surface area contributed by atoms with Crippen LogP contribution in [0.2, 0.25) is 0 Å². The lowest BCUT2D eigenvalue weighted by Crippen LogP contribution is -2.37. The number of carbonyl (C=O) groups excluding carboxylic acids is 2. The predicted octanol–water partition coefficient (Wildman–Crippen LogP) is 4.21. The largest absolute Gasteiger partial charge is 0.444 e. The molecule has 0 aliphatic carbocycles. The van der Waals surface area contributed by atoms with Gasteiger partial charge in [0.15, 0.2) is 0 Å². The van der Waals surface area contributed by atoms with E-state index in [0.29, 0.717) is 25.9 Å². The van der Waals surface area contributed by atoms with Gasteiger partial charge in [-0.1, -0.05) is 48.5 Å². The Morgan fingerprint density at radius 1 is 0.812 bits per heavy atom. The van der Waals surface area contributed by atoms with E-state index in [-0.39, 0.29) is 5.91 Å². The van der Waals surface area contributed by atoms with E-state index in [1.54, 1.807) is 0 Å². The molecule has 0 fully saturated rings. The minimum absolute atomic E-state index is 0.0368. The highest BCUT2D eigenvalue weighted by molar-refractivity contribution is 5.76. The van der Waals surface area contributed by atoms with E-state index in [0.717, 1.165) is 31.4 Å². The van der Waals surface area contributed by atoms with Crippen LogP contribution in [0.15, 0.2) is 48.5 Å². The second-order valence-electron chi connectivity index (χ2n) is 8.92. The Kier molecular flexibility index (Phi) is 10.2. The summed E-state index contributed by atoms with van der Waals surface area (Å²) >= 11 is 0. The molecule has 32 heavy (non-hydrogen) atoms. The first-order valence-electron chi connectivity index (χ1n) is 11.4. The second kappa shape index (κ2) is 12.9. The molecule has 0 radical (unpaired) electrons. The van der Waals surface area contributed by atoms with Gasteiger partial charge in [-0.25, -0.2) is 4.79 Å². The Morgan fingerprint density at radius 2 is 1.34 bits per heavy atom. The number of aryl methyl sites for hydroxylation is 2. The molecule has 2 aromatic rings. The van der Waals surface area contributed by atoms with Gasteiger partial charge in [-0.2, -0.15) is 0 Å². The summed E-state index contributed by atoms with van der Waals surface area (Å²) in [5.41, 5.74) is 9.84. The van der Waals surface area contributed by atoms with Crippen LogP contribution in [0.5, 0.6) is 0 Å². The number of alkyl carbamates (subject to hydrolysis) is 1. The van der Waals surface area contributed by atoms with Crippen molar-refractivity contribution in [3.05, 3.63) is 59.7 Å². The Hall–Kier alpha value is -2.86. The molecular formula is C26H37N3O3. The standard InChI is InChI=1S/C26H37N3O3/c1-26(2,3)32-25(31)29-19-18-28-24(30)16-11-21-9-14-23(15-10-21)22-12-7-20(8-13-22)6-4-5-17-27/h7-10,12-15H,4-6,11,16-19,27H2,1-3H3,(H,28,30)(H,29,31). The van der Waals surface area contributed by atoms with Crippen LogP contribution in [-0.4, -0.2) is 37.2 Å². The first kappa shape index (κ1) is 25.4. The summed E-state index contributed by atoms with van der Waals surface area (Å²) in [6.07, 6.45) is 3.85. The lowest BCUT2D eigenvalue weighted by molar-refractivity contribution is -0.121. The lowest BCUT2D eigenvalue weighted by atomic mass is 9.99. The summed E-state index contributed by atoms with van der Waals surface area (Å²) in [6.45, 7) is 6.88. The molecule has 2 aromatic carbocycles. The number of amides is 2. The molecule has 174 valence electrons. The van der Waals surface area contributed by atoms with Gasteiger partial charge in [0, 0.05) is 19.5 Å². The summed E-state index contributed by atoms with van der Waals surface area (Å²) in [4.78, 5) is 23.6. The number of nitrogens with two attached hydrogens (primary N) is 1. The maximum atomic E-state index is 12.0. The number of nitrogens with one attached hydrogen (secondary N) is 2. The summed E-state index contributed by atoms with van der Waals surface area (Å²) < 4.78 is 5.15. The highest BCUT2D eigenvalue weighted by Gasteiger charge is 2.15. The predicted molar refractivity (Wildman–Crippen MR) is 129 cm³/mol. The van der Waals surface area contributed by atoms with Gasteiger partial charge < -0.3 is 21.1 Å². The number of benzene rings is 2. The number of rotatable bonds is 11. The molecule has 0 aromatic heterocycles. The summed E-state index contributed by atoms with van der Waals surface area (Å²) in [6, 6.07) is 17.0. The zero-order valence-corrected chi connectivity index (χ0v) is 19.6. The van der Waals surface area contributed by atoms with Crippen LogP contribution in [0.1, 0.15) is 51.2 Å². The van der Waals surface area contributed by atoms with Gasteiger partial charge in [-0.3, -0.25) is 4.79 Å². The number of carbonyl (C=O) groups is 2. The number of ether oxygens (including phenoxy) is 1. The van der Waals surface area contributed by atoms with E-state index in [1.807, 2.05) is 20.8 Å². The second-order valence-corrected chi connectivity index (χ2v) is 8.92. The third-order valence-electron chi connectivity index (χ3n) is 4.92. The molecule has 0 spiro atoms. The zero-order chi connectivity index (χ0) is 23.4. The Morgan fingerprint density at radius 3 is 1.88 bits per heavy atom. The van der Waals surface area contributed by atoms with E-state index in [2.05, 4.69) is 59.2 Å². The van der Waals surface area contributed by atoms with Crippen LogP contribution in [0.4, 0.5) is 4.79 Å². The van der Waals surface area contributed by atoms with Crippen molar-refractivity contribution in [2.24, 2.45) is 5.73 Å². The van der Waals surface area contributed by atoms with Crippen LogP contribution >= 0.6 is 0 Å². The summed E-state index contributed by atoms with van der Waals surface area (Å²) in [5, 5.41) is 5.44. The fraction of sp³-hybridized carbons (Fsp3) is 0.462. The monoisotopic (exact) mass is 439 g/mol. The third kappa shape index (κ3) is 9.96. The summed E-state index contributed by atoms with van der Waals surface area (Å²) in [7, 11) is 0. The minimum atomic E-state index is -0.531. The van der Waals surface area contributed by atoms with E-state index >= 15 is 0 Å². The molecule has 0 unspecified atom stereocenters. The van der Waals surface area contributed by atoms with Crippen molar-refractivity contribution in [3.8, 4) is 11.1 Å². The van der Waals surface area contributed by atoms with E-state index in [9.17, 15) is 9.59 Å². The fourth-order valence-electron chi connectivity index (χ4n) is 3.23. The van der Waals surface area contributed by atoms with E-state index in [1.165, 1.54) is 16.7 Å². The van der Waals surface area contributed by atoms with Crippen molar-refractivity contribution in [3.63, 3.8) is 0 Å². The first-order valence-corrected chi connectivity index (χ1v) is 11.4. The molecule has 0 atom stereocenters. The summed E-state index contributed by atoms with van der Waals surface area (Å²) in [5.74, 6) is -0.0368. The van der Waals surface area contributed by atoms with Gasteiger partial charge in [0.05, 0.1) is 0 Å². The third-order valence-corrected chi connectivity index (χ3v) is 4.92. The quantitative estimate of drug-likeness (QED) is 0.457. The molecule has 0 aliphatic rings. The average molecular weight is 440 g/mol. The van der Waals surface area contributed by atoms with Crippen molar-refractivity contribution in [2.75, 3.05) is 19.6 Å². The first-order chi connectivity index (χ1) is 15.3. The van der Waals surface area contributed by atoms with Crippen molar-refractivity contribution in [1.82, 2.24) is 10.6 Å². The Bertz CT molecular complexity index is 840. The van der Waals surface area contributed by atoms with Crippen molar-refractivity contribution in [1.29, 1.82) is 0 Å². The maximum absolute atomic E-state index is 12.0. The van der Waals surface area contributed by atoms with Gasteiger partial charge in [0.25, 0.3) is 0 Å². The number of hydrogen-bond acceptors (Lipinski definition) is 4. The van der Waals surface area contributed by atoms with Crippen LogP contribution < -0.4 is 16.4 Å². The van der Waals surface area contributed by atoms with Crippen LogP contribution in [0.25, 0.3) is 11.1 Å². The molecule has 6 nitrogen and oxygen atoms in total. The number of hydrogen-bond donors (Lipinski definition) is 3. The molecule has 2 amide bonds. The topological polar surface area (TPSA) is 93.5 Å². The average Bonchev–Trinajstić information content (AvgIpc) is 2.75. The Labute approximate surface area is 191 Å².